The highest BCUT2D eigenvalue weighted by Crippen LogP contribution is 2.51. The molecule has 1 unspecified atom stereocenters. The topological polar surface area (TPSA) is 49.3 Å². The van der Waals surface area contributed by atoms with Crippen molar-refractivity contribution in [1.29, 1.82) is 0 Å². The summed E-state index contributed by atoms with van der Waals surface area (Å²) in [6, 6.07) is 9.28. The van der Waals surface area contributed by atoms with Crippen molar-refractivity contribution in [2.75, 3.05) is 6.61 Å². The number of amides is 1. The zero-order chi connectivity index (χ0) is 12.5. The van der Waals surface area contributed by atoms with Gasteiger partial charge in [0.15, 0.2) is 0 Å². The molecular weight excluding hydrogens is 214 g/mol. The van der Waals surface area contributed by atoms with Gasteiger partial charge in [-0.05, 0) is 17.4 Å². The number of hydrogen-bond acceptors (Lipinski definition) is 2. The minimum Gasteiger partial charge on any atom is -0.394 e. The molecule has 2 N–H and O–H groups in total. The maximum Gasteiger partial charge on any atom is 0.224 e. The van der Waals surface area contributed by atoms with E-state index in [9.17, 15) is 9.90 Å². The Kier molecular flexibility index (Phi) is 3.20. The Balaban J connectivity index is 1.99. The number of aliphatic hydroxyl groups excluding tert-OH is 1. The summed E-state index contributed by atoms with van der Waals surface area (Å²) in [5, 5.41) is 12.3. The molecule has 92 valence electrons. The summed E-state index contributed by atoms with van der Waals surface area (Å²) in [7, 11) is 0. The van der Waals surface area contributed by atoms with E-state index < -0.39 is 0 Å². The van der Waals surface area contributed by atoms with Gasteiger partial charge in [0, 0.05) is 5.92 Å². The number of carbonyl (C=O) groups is 1. The maximum atomic E-state index is 11.9. The van der Waals surface area contributed by atoms with Crippen LogP contribution in [-0.4, -0.2) is 17.6 Å². The highest BCUT2D eigenvalue weighted by Gasteiger charge is 2.50. The van der Waals surface area contributed by atoms with Gasteiger partial charge in [0.1, 0.15) is 0 Å². The number of nitrogens with one attached hydrogen (secondary N) is 1. The molecule has 0 aliphatic heterocycles. The van der Waals surface area contributed by atoms with Gasteiger partial charge >= 0.3 is 0 Å². The van der Waals surface area contributed by atoms with Crippen LogP contribution in [0.2, 0.25) is 0 Å². The maximum absolute atomic E-state index is 11.9. The Bertz CT molecular complexity index is 400. The van der Waals surface area contributed by atoms with Crippen molar-refractivity contribution >= 4 is 5.91 Å². The van der Waals surface area contributed by atoms with E-state index in [1.165, 1.54) is 0 Å². The molecule has 1 aromatic carbocycles. The van der Waals surface area contributed by atoms with Crippen LogP contribution in [0.1, 0.15) is 31.9 Å². The summed E-state index contributed by atoms with van der Waals surface area (Å²) in [5.41, 5.74) is 1.07. The summed E-state index contributed by atoms with van der Waals surface area (Å²) in [6.07, 6.45) is 0.936. The first-order valence-corrected chi connectivity index (χ1v) is 6.01. The first-order valence-electron chi connectivity index (χ1n) is 6.01. The number of aliphatic hydroxyl groups is 1. The normalized spacial score (nSPS) is 22.9. The SMILES string of the molecule is CC1(C)C[C@@H]1C(=O)NC(CO)c1ccccc1. The van der Waals surface area contributed by atoms with Gasteiger partial charge in [-0.3, -0.25) is 4.79 Å². The highest BCUT2D eigenvalue weighted by atomic mass is 16.3. The molecule has 1 aromatic rings. The summed E-state index contributed by atoms with van der Waals surface area (Å²) in [6.45, 7) is 4.12. The van der Waals surface area contributed by atoms with Crippen molar-refractivity contribution in [2.45, 2.75) is 26.3 Å². The van der Waals surface area contributed by atoms with Crippen LogP contribution in [-0.2, 0) is 4.79 Å². The average Bonchev–Trinajstić information content (AvgIpc) is 2.96. The first kappa shape index (κ1) is 12.1. The molecule has 1 amide bonds. The first-order chi connectivity index (χ1) is 8.04. The van der Waals surface area contributed by atoms with E-state index in [0.717, 1.165) is 12.0 Å². The van der Waals surface area contributed by atoms with Crippen molar-refractivity contribution in [1.82, 2.24) is 5.32 Å². The monoisotopic (exact) mass is 233 g/mol. The fraction of sp³-hybridized carbons (Fsp3) is 0.500. The molecule has 0 heterocycles. The van der Waals surface area contributed by atoms with Crippen LogP contribution in [0.4, 0.5) is 0 Å². The third-order valence-electron chi connectivity index (χ3n) is 3.53. The van der Waals surface area contributed by atoms with E-state index in [0.29, 0.717) is 0 Å². The zero-order valence-electron chi connectivity index (χ0n) is 10.3. The molecule has 3 nitrogen and oxygen atoms in total. The standard InChI is InChI=1S/C14H19NO2/c1-14(2)8-11(14)13(17)15-12(9-16)10-6-4-3-5-7-10/h3-7,11-12,16H,8-9H2,1-2H3,(H,15,17)/t11-,12?/m1/s1. The molecular formula is C14H19NO2. The Morgan fingerprint density at radius 3 is 2.53 bits per heavy atom. The number of rotatable bonds is 4. The molecule has 1 saturated carbocycles. The van der Waals surface area contributed by atoms with Crippen LogP contribution in [0.15, 0.2) is 30.3 Å². The molecule has 3 heteroatoms. The lowest BCUT2D eigenvalue weighted by atomic mass is 10.1. The van der Waals surface area contributed by atoms with Crippen LogP contribution in [0.5, 0.6) is 0 Å². The smallest absolute Gasteiger partial charge is 0.224 e. The van der Waals surface area contributed by atoms with E-state index >= 15 is 0 Å². The number of hydrogen-bond donors (Lipinski definition) is 2. The number of benzene rings is 1. The van der Waals surface area contributed by atoms with Gasteiger partial charge in [-0.15, -0.1) is 0 Å². The van der Waals surface area contributed by atoms with E-state index in [1.54, 1.807) is 0 Å². The molecule has 2 rings (SSSR count). The molecule has 1 aliphatic rings. The van der Waals surface area contributed by atoms with Crippen LogP contribution in [0.25, 0.3) is 0 Å². The minimum absolute atomic E-state index is 0.0536. The molecule has 0 aromatic heterocycles. The van der Waals surface area contributed by atoms with E-state index in [1.807, 2.05) is 30.3 Å². The Morgan fingerprint density at radius 2 is 2.06 bits per heavy atom. The highest BCUT2D eigenvalue weighted by molar-refractivity contribution is 5.82. The fourth-order valence-electron chi connectivity index (χ4n) is 2.11. The largest absolute Gasteiger partial charge is 0.394 e. The molecule has 1 aliphatic carbocycles. The molecule has 0 radical (unpaired) electrons. The molecule has 17 heavy (non-hydrogen) atoms. The second-order valence-electron chi connectivity index (χ2n) is 5.40. The lowest BCUT2D eigenvalue weighted by Crippen LogP contribution is -2.32. The van der Waals surface area contributed by atoms with Gasteiger partial charge in [0.25, 0.3) is 0 Å². The van der Waals surface area contributed by atoms with Gasteiger partial charge in [-0.25, -0.2) is 0 Å². The fourth-order valence-corrected chi connectivity index (χ4v) is 2.11. The van der Waals surface area contributed by atoms with Crippen molar-refractivity contribution in [3.8, 4) is 0 Å². The van der Waals surface area contributed by atoms with Crippen LogP contribution >= 0.6 is 0 Å². The molecule has 0 saturated heterocycles. The van der Waals surface area contributed by atoms with Crippen LogP contribution in [0, 0.1) is 11.3 Å². The van der Waals surface area contributed by atoms with Gasteiger partial charge in [0.05, 0.1) is 12.6 Å². The van der Waals surface area contributed by atoms with Gasteiger partial charge < -0.3 is 10.4 Å². The molecule has 1 fully saturated rings. The van der Waals surface area contributed by atoms with Gasteiger partial charge in [-0.1, -0.05) is 44.2 Å². The summed E-state index contributed by atoms with van der Waals surface area (Å²) in [5.74, 6) is 0.151. The Hall–Kier alpha value is -1.35. The third kappa shape index (κ3) is 2.67. The van der Waals surface area contributed by atoms with E-state index in [-0.39, 0.29) is 29.9 Å². The van der Waals surface area contributed by atoms with Crippen molar-refractivity contribution < 1.29 is 9.90 Å². The lowest BCUT2D eigenvalue weighted by molar-refractivity contribution is -0.124. The number of carbonyl (C=O) groups excluding carboxylic acids is 1. The Morgan fingerprint density at radius 1 is 1.47 bits per heavy atom. The third-order valence-corrected chi connectivity index (χ3v) is 3.53. The van der Waals surface area contributed by atoms with Crippen molar-refractivity contribution in [2.24, 2.45) is 11.3 Å². The second-order valence-corrected chi connectivity index (χ2v) is 5.40. The van der Waals surface area contributed by atoms with Crippen LogP contribution in [0.3, 0.4) is 0 Å². The van der Waals surface area contributed by atoms with Gasteiger partial charge in [-0.2, -0.15) is 0 Å². The predicted octanol–water partition coefficient (Wildman–Crippen LogP) is 1.88. The predicted molar refractivity (Wildman–Crippen MR) is 66.3 cm³/mol. The summed E-state index contributed by atoms with van der Waals surface area (Å²) < 4.78 is 0. The van der Waals surface area contributed by atoms with Gasteiger partial charge in [0.2, 0.25) is 5.91 Å². The lowest BCUT2D eigenvalue weighted by Gasteiger charge is -2.17. The van der Waals surface area contributed by atoms with E-state index in [4.69, 9.17) is 0 Å². The molecule has 0 spiro atoms. The Labute approximate surface area is 102 Å². The summed E-state index contributed by atoms with van der Waals surface area (Å²) >= 11 is 0. The van der Waals surface area contributed by atoms with Crippen LogP contribution < -0.4 is 5.32 Å². The van der Waals surface area contributed by atoms with Crippen molar-refractivity contribution in [3.63, 3.8) is 0 Å². The molecule has 0 bridgehead atoms. The quantitative estimate of drug-likeness (QED) is 0.834. The van der Waals surface area contributed by atoms with E-state index in [2.05, 4.69) is 19.2 Å². The average molecular weight is 233 g/mol. The zero-order valence-corrected chi connectivity index (χ0v) is 10.3. The second kappa shape index (κ2) is 4.49. The summed E-state index contributed by atoms with van der Waals surface area (Å²) in [4.78, 5) is 11.9. The van der Waals surface area contributed by atoms with Crippen molar-refractivity contribution in [3.05, 3.63) is 35.9 Å². The minimum atomic E-state index is -0.292. The molecule has 2 atom stereocenters.